The Morgan fingerprint density at radius 2 is 1.92 bits per heavy atom. The van der Waals surface area contributed by atoms with Crippen LogP contribution in [0, 0.1) is 0 Å². The highest BCUT2D eigenvalue weighted by Crippen LogP contribution is 1.93. The standard InChI is InChI=1S/C8H14Cl2N2S/c1-2-5-11-8(13)12(6-3-9)7-4-10/h2H,1,3-7H2,(H,11,13). The fourth-order valence-corrected chi connectivity index (χ4v) is 1.46. The third-order valence-corrected chi connectivity index (χ3v) is 2.13. The summed E-state index contributed by atoms with van der Waals surface area (Å²) in [6, 6.07) is 0. The molecule has 0 aromatic rings. The summed E-state index contributed by atoms with van der Waals surface area (Å²) >= 11 is 16.4. The molecule has 0 bridgehead atoms. The molecule has 0 amide bonds. The smallest absolute Gasteiger partial charge is 0.169 e. The quantitative estimate of drug-likeness (QED) is 0.434. The van der Waals surface area contributed by atoms with Crippen LogP contribution in [-0.2, 0) is 0 Å². The SMILES string of the molecule is C=CCNC(=S)N(CCCl)CCCl. The van der Waals surface area contributed by atoms with Crippen molar-refractivity contribution >= 4 is 40.5 Å². The highest BCUT2D eigenvalue weighted by Gasteiger charge is 2.06. The van der Waals surface area contributed by atoms with Gasteiger partial charge < -0.3 is 10.2 Å². The molecule has 1 N–H and O–H groups in total. The van der Waals surface area contributed by atoms with Gasteiger partial charge in [0.15, 0.2) is 5.11 Å². The third-order valence-electron chi connectivity index (χ3n) is 1.39. The Morgan fingerprint density at radius 3 is 2.31 bits per heavy atom. The van der Waals surface area contributed by atoms with E-state index in [1.165, 1.54) is 0 Å². The zero-order valence-electron chi connectivity index (χ0n) is 7.43. The zero-order chi connectivity index (χ0) is 10.1. The van der Waals surface area contributed by atoms with Crippen LogP contribution in [0.25, 0.3) is 0 Å². The molecule has 13 heavy (non-hydrogen) atoms. The maximum atomic E-state index is 5.62. The van der Waals surface area contributed by atoms with E-state index in [-0.39, 0.29) is 0 Å². The van der Waals surface area contributed by atoms with Gasteiger partial charge in [-0.1, -0.05) is 6.08 Å². The molecule has 0 aromatic carbocycles. The van der Waals surface area contributed by atoms with Crippen LogP contribution < -0.4 is 5.32 Å². The number of hydrogen-bond donors (Lipinski definition) is 1. The van der Waals surface area contributed by atoms with E-state index in [1.807, 2.05) is 4.90 Å². The molecule has 0 radical (unpaired) electrons. The first-order valence-electron chi connectivity index (χ1n) is 4.01. The minimum atomic E-state index is 0.548. The van der Waals surface area contributed by atoms with E-state index in [0.29, 0.717) is 23.4 Å². The molecule has 0 spiro atoms. The van der Waals surface area contributed by atoms with E-state index in [9.17, 15) is 0 Å². The predicted molar refractivity (Wildman–Crippen MR) is 63.8 cm³/mol. The van der Waals surface area contributed by atoms with Crippen LogP contribution in [0.15, 0.2) is 12.7 Å². The van der Waals surface area contributed by atoms with E-state index >= 15 is 0 Å². The number of hydrogen-bond acceptors (Lipinski definition) is 1. The van der Waals surface area contributed by atoms with Gasteiger partial charge >= 0.3 is 0 Å². The van der Waals surface area contributed by atoms with Crippen molar-refractivity contribution in [2.45, 2.75) is 0 Å². The third kappa shape index (κ3) is 6.13. The van der Waals surface area contributed by atoms with Crippen molar-refractivity contribution in [3.8, 4) is 0 Å². The van der Waals surface area contributed by atoms with Gasteiger partial charge in [-0.25, -0.2) is 0 Å². The molecule has 0 rings (SSSR count). The van der Waals surface area contributed by atoms with Crippen LogP contribution in [0.2, 0.25) is 0 Å². The lowest BCUT2D eigenvalue weighted by atomic mass is 10.5. The minimum Gasteiger partial charge on any atom is -0.359 e. The molecule has 0 unspecified atom stereocenters. The fourth-order valence-electron chi connectivity index (χ4n) is 0.790. The van der Waals surface area contributed by atoms with E-state index in [0.717, 1.165) is 13.1 Å². The van der Waals surface area contributed by atoms with Gasteiger partial charge in [0.05, 0.1) is 0 Å². The van der Waals surface area contributed by atoms with Gasteiger partial charge in [-0.2, -0.15) is 0 Å². The highest BCUT2D eigenvalue weighted by molar-refractivity contribution is 7.80. The van der Waals surface area contributed by atoms with Crippen molar-refractivity contribution in [3.05, 3.63) is 12.7 Å². The lowest BCUT2D eigenvalue weighted by Gasteiger charge is -2.23. The lowest BCUT2D eigenvalue weighted by molar-refractivity contribution is 0.463. The van der Waals surface area contributed by atoms with Gasteiger partial charge in [0.2, 0.25) is 0 Å². The Labute approximate surface area is 94.9 Å². The molecule has 0 fully saturated rings. The Balaban J connectivity index is 3.86. The van der Waals surface area contributed by atoms with Crippen molar-refractivity contribution in [3.63, 3.8) is 0 Å². The summed E-state index contributed by atoms with van der Waals surface area (Å²) < 4.78 is 0. The summed E-state index contributed by atoms with van der Waals surface area (Å²) in [6.07, 6.45) is 1.76. The average Bonchev–Trinajstić information content (AvgIpc) is 2.14. The fraction of sp³-hybridized carbons (Fsp3) is 0.625. The van der Waals surface area contributed by atoms with Gasteiger partial charge in [-0.15, -0.1) is 29.8 Å². The van der Waals surface area contributed by atoms with Crippen LogP contribution in [0.3, 0.4) is 0 Å². The first-order valence-corrected chi connectivity index (χ1v) is 5.49. The largest absolute Gasteiger partial charge is 0.359 e. The molecule has 0 aliphatic heterocycles. The molecule has 0 atom stereocenters. The maximum Gasteiger partial charge on any atom is 0.169 e. The average molecular weight is 241 g/mol. The van der Waals surface area contributed by atoms with Crippen molar-refractivity contribution < 1.29 is 0 Å². The second-order valence-electron chi connectivity index (χ2n) is 2.34. The van der Waals surface area contributed by atoms with Gasteiger partial charge in [-0.05, 0) is 12.2 Å². The van der Waals surface area contributed by atoms with Crippen LogP contribution in [0.1, 0.15) is 0 Å². The Kier molecular flexibility index (Phi) is 8.61. The van der Waals surface area contributed by atoms with Crippen LogP contribution in [0.5, 0.6) is 0 Å². The number of thiocarbonyl (C=S) groups is 1. The normalized spacial score (nSPS) is 9.38. The molecule has 0 aliphatic carbocycles. The van der Waals surface area contributed by atoms with Gasteiger partial charge in [-0.3, -0.25) is 0 Å². The van der Waals surface area contributed by atoms with Gasteiger partial charge in [0.1, 0.15) is 0 Å². The maximum absolute atomic E-state index is 5.62. The topological polar surface area (TPSA) is 15.3 Å². The monoisotopic (exact) mass is 240 g/mol. The second kappa shape index (κ2) is 8.60. The molecule has 0 aromatic heterocycles. The van der Waals surface area contributed by atoms with Crippen LogP contribution in [-0.4, -0.2) is 41.4 Å². The van der Waals surface area contributed by atoms with E-state index < -0.39 is 0 Å². The molecule has 0 heterocycles. The summed E-state index contributed by atoms with van der Waals surface area (Å²) in [7, 11) is 0. The van der Waals surface area contributed by atoms with Crippen molar-refractivity contribution in [1.29, 1.82) is 0 Å². The second-order valence-corrected chi connectivity index (χ2v) is 3.48. The molecule has 5 heteroatoms. The number of nitrogens with one attached hydrogen (secondary N) is 1. The Bertz CT molecular complexity index is 158. The summed E-state index contributed by atoms with van der Waals surface area (Å²) in [5.41, 5.74) is 0. The molecular formula is C8H14Cl2N2S. The predicted octanol–water partition coefficient (Wildman–Crippen LogP) is 1.83. The molecule has 0 aliphatic rings. The van der Waals surface area contributed by atoms with Crippen molar-refractivity contribution in [2.75, 3.05) is 31.4 Å². The van der Waals surface area contributed by atoms with E-state index in [1.54, 1.807) is 6.08 Å². The Hall–Kier alpha value is 0.01000. The summed E-state index contributed by atoms with van der Waals surface area (Å²) in [4.78, 5) is 1.94. The van der Waals surface area contributed by atoms with E-state index in [2.05, 4.69) is 11.9 Å². The number of nitrogens with zero attached hydrogens (tertiary/aromatic N) is 1. The Morgan fingerprint density at radius 1 is 1.38 bits per heavy atom. The van der Waals surface area contributed by atoms with Gasteiger partial charge in [0.25, 0.3) is 0 Å². The first-order chi connectivity index (χ1) is 6.26. The first kappa shape index (κ1) is 13.0. The molecular weight excluding hydrogens is 227 g/mol. The highest BCUT2D eigenvalue weighted by atomic mass is 35.5. The van der Waals surface area contributed by atoms with Crippen molar-refractivity contribution in [1.82, 2.24) is 10.2 Å². The molecule has 0 saturated carbocycles. The molecule has 0 saturated heterocycles. The molecule has 76 valence electrons. The zero-order valence-corrected chi connectivity index (χ0v) is 9.76. The van der Waals surface area contributed by atoms with Gasteiger partial charge in [0, 0.05) is 31.4 Å². The summed E-state index contributed by atoms with van der Waals surface area (Å²) in [6.45, 7) is 5.70. The number of rotatable bonds is 6. The number of alkyl halides is 2. The summed E-state index contributed by atoms with van der Waals surface area (Å²) in [5, 5.41) is 3.71. The van der Waals surface area contributed by atoms with E-state index in [4.69, 9.17) is 35.4 Å². The van der Waals surface area contributed by atoms with Crippen molar-refractivity contribution in [2.24, 2.45) is 0 Å². The van der Waals surface area contributed by atoms with Crippen LogP contribution >= 0.6 is 35.4 Å². The molecule has 2 nitrogen and oxygen atoms in total. The minimum absolute atomic E-state index is 0.548. The lowest BCUT2D eigenvalue weighted by Crippen LogP contribution is -2.41. The van der Waals surface area contributed by atoms with Crippen LogP contribution in [0.4, 0.5) is 0 Å². The summed E-state index contributed by atoms with van der Waals surface area (Å²) in [5.74, 6) is 1.10. The number of halogens is 2.